The minimum absolute atomic E-state index is 0.164. The van der Waals surface area contributed by atoms with Gasteiger partial charge in [-0.15, -0.1) is 11.3 Å². The Hall–Kier alpha value is -2.14. The molecule has 1 aliphatic heterocycles. The first-order valence-corrected chi connectivity index (χ1v) is 6.00. The maximum absolute atomic E-state index is 11.7. The lowest BCUT2D eigenvalue weighted by molar-refractivity contribution is -0.116. The highest BCUT2D eigenvalue weighted by molar-refractivity contribution is 7.12. The van der Waals surface area contributed by atoms with E-state index in [0.717, 1.165) is 10.6 Å². The first kappa shape index (κ1) is 10.0. The molecule has 0 fully saturated rings. The van der Waals surface area contributed by atoms with Crippen LogP contribution in [0.3, 0.4) is 0 Å². The fourth-order valence-electron chi connectivity index (χ4n) is 1.66. The van der Waals surface area contributed by atoms with Crippen LogP contribution in [-0.2, 0) is 4.79 Å². The Morgan fingerprint density at radius 3 is 2.94 bits per heavy atom. The van der Waals surface area contributed by atoms with Gasteiger partial charge in [0, 0.05) is 11.9 Å². The third kappa shape index (κ3) is 1.81. The van der Waals surface area contributed by atoms with Gasteiger partial charge in [0.15, 0.2) is 0 Å². The highest BCUT2D eigenvalue weighted by Gasteiger charge is 2.24. The number of rotatable bonds is 2. The third-order valence-corrected chi connectivity index (χ3v) is 3.32. The van der Waals surface area contributed by atoms with Gasteiger partial charge in [-0.05, 0) is 29.7 Å². The number of hydrogen-bond donors (Lipinski definition) is 2. The van der Waals surface area contributed by atoms with Gasteiger partial charge < -0.3 is 4.98 Å². The molecule has 0 bridgehead atoms. The molecule has 2 aromatic rings. The lowest BCUT2D eigenvalue weighted by Gasteiger charge is -1.97. The zero-order chi connectivity index (χ0) is 11.7. The van der Waals surface area contributed by atoms with E-state index in [0.29, 0.717) is 11.3 Å². The average molecular weight is 243 g/mol. The molecule has 17 heavy (non-hydrogen) atoms. The smallest absolute Gasteiger partial charge is 0.273 e. The largest absolute Gasteiger partial charge is 0.362 e. The van der Waals surface area contributed by atoms with Crippen molar-refractivity contribution in [3.63, 3.8) is 0 Å². The van der Waals surface area contributed by atoms with E-state index < -0.39 is 0 Å². The van der Waals surface area contributed by atoms with Crippen molar-refractivity contribution in [1.29, 1.82) is 0 Å². The van der Waals surface area contributed by atoms with Gasteiger partial charge in [-0.1, -0.05) is 6.07 Å². The van der Waals surface area contributed by atoms with Gasteiger partial charge in [-0.25, -0.2) is 5.43 Å². The van der Waals surface area contributed by atoms with Gasteiger partial charge >= 0.3 is 0 Å². The maximum Gasteiger partial charge on any atom is 0.273 e. The van der Waals surface area contributed by atoms with Crippen LogP contribution < -0.4 is 5.43 Å². The van der Waals surface area contributed by atoms with Crippen LogP contribution in [0, 0.1) is 0 Å². The number of carbonyl (C=O) groups excluding carboxylic acids is 1. The van der Waals surface area contributed by atoms with E-state index in [-0.39, 0.29) is 5.91 Å². The zero-order valence-electron chi connectivity index (χ0n) is 8.81. The van der Waals surface area contributed by atoms with E-state index in [1.165, 1.54) is 0 Å². The quantitative estimate of drug-likeness (QED) is 0.779. The summed E-state index contributed by atoms with van der Waals surface area (Å²) in [5, 5.41) is 6.03. The van der Waals surface area contributed by atoms with Crippen molar-refractivity contribution < 1.29 is 4.79 Å². The molecule has 4 nitrogen and oxygen atoms in total. The second-order valence-electron chi connectivity index (χ2n) is 3.56. The first-order valence-electron chi connectivity index (χ1n) is 5.12. The average Bonchev–Trinajstić information content (AvgIpc) is 3.03. The van der Waals surface area contributed by atoms with Gasteiger partial charge in [0.25, 0.3) is 5.91 Å². The standard InChI is InChI=1S/C12H9N3OS/c16-12-9(7-8-3-1-5-13-8)11(14-15-12)10-4-2-6-17-10/h1-7,13H,(H,15,16). The van der Waals surface area contributed by atoms with Gasteiger partial charge in [0.1, 0.15) is 5.71 Å². The minimum Gasteiger partial charge on any atom is -0.362 e. The number of amides is 1. The monoisotopic (exact) mass is 243 g/mol. The Kier molecular flexibility index (Phi) is 2.38. The second-order valence-corrected chi connectivity index (χ2v) is 4.51. The number of thiophene rings is 1. The molecule has 1 amide bonds. The topological polar surface area (TPSA) is 57.2 Å². The molecule has 3 rings (SSSR count). The molecule has 0 aromatic carbocycles. The lowest BCUT2D eigenvalue weighted by Crippen LogP contribution is -2.13. The molecule has 0 atom stereocenters. The van der Waals surface area contributed by atoms with Crippen molar-refractivity contribution in [2.45, 2.75) is 0 Å². The van der Waals surface area contributed by atoms with Gasteiger partial charge in [-0.3, -0.25) is 4.79 Å². The molecule has 0 spiro atoms. The van der Waals surface area contributed by atoms with E-state index in [2.05, 4.69) is 15.5 Å². The number of aromatic nitrogens is 1. The predicted octanol–water partition coefficient (Wildman–Crippen LogP) is 1.99. The Morgan fingerprint density at radius 1 is 1.29 bits per heavy atom. The summed E-state index contributed by atoms with van der Waals surface area (Å²) in [6.07, 6.45) is 3.63. The molecule has 0 saturated heterocycles. The minimum atomic E-state index is -0.164. The normalized spacial score (nSPS) is 17.3. The van der Waals surface area contributed by atoms with E-state index in [1.54, 1.807) is 17.4 Å². The molecule has 84 valence electrons. The third-order valence-electron chi connectivity index (χ3n) is 2.45. The van der Waals surface area contributed by atoms with Crippen molar-refractivity contribution in [3.05, 3.63) is 52.0 Å². The van der Waals surface area contributed by atoms with Crippen LogP contribution in [0.15, 0.2) is 46.5 Å². The summed E-state index contributed by atoms with van der Waals surface area (Å²) in [7, 11) is 0. The number of carbonyl (C=O) groups is 1. The summed E-state index contributed by atoms with van der Waals surface area (Å²) in [5.41, 5.74) is 4.68. The fraction of sp³-hybridized carbons (Fsp3) is 0. The summed E-state index contributed by atoms with van der Waals surface area (Å²) < 4.78 is 0. The van der Waals surface area contributed by atoms with Gasteiger partial charge in [0.05, 0.1) is 10.5 Å². The number of nitrogens with zero attached hydrogens (tertiary/aromatic N) is 1. The molecule has 0 aliphatic carbocycles. The summed E-state index contributed by atoms with van der Waals surface area (Å²) >= 11 is 1.56. The van der Waals surface area contributed by atoms with Crippen LogP contribution in [0.4, 0.5) is 0 Å². The van der Waals surface area contributed by atoms with Crippen molar-refractivity contribution >= 4 is 29.0 Å². The predicted molar refractivity (Wildman–Crippen MR) is 67.8 cm³/mol. The zero-order valence-corrected chi connectivity index (χ0v) is 9.62. The van der Waals surface area contributed by atoms with Gasteiger partial charge in [-0.2, -0.15) is 5.10 Å². The Bertz CT molecular complexity index is 594. The maximum atomic E-state index is 11.7. The van der Waals surface area contributed by atoms with E-state index >= 15 is 0 Å². The van der Waals surface area contributed by atoms with E-state index in [9.17, 15) is 4.79 Å². The van der Waals surface area contributed by atoms with Crippen LogP contribution in [0.1, 0.15) is 10.6 Å². The lowest BCUT2D eigenvalue weighted by atomic mass is 10.1. The number of hydrazone groups is 1. The highest BCUT2D eigenvalue weighted by atomic mass is 32.1. The molecule has 1 aliphatic rings. The number of H-pyrrole nitrogens is 1. The van der Waals surface area contributed by atoms with E-state index in [4.69, 9.17) is 0 Å². The van der Waals surface area contributed by atoms with Crippen LogP contribution in [0.2, 0.25) is 0 Å². The van der Waals surface area contributed by atoms with Crippen LogP contribution in [-0.4, -0.2) is 16.6 Å². The Balaban J connectivity index is 2.03. The van der Waals surface area contributed by atoms with Gasteiger partial charge in [0.2, 0.25) is 0 Å². The molecule has 2 aromatic heterocycles. The SMILES string of the molecule is O=C1NN=C(c2cccs2)C1=Cc1ccc[nH]1. The molecule has 0 saturated carbocycles. The second kappa shape index (κ2) is 4.03. The van der Waals surface area contributed by atoms with Crippen LogP contribution >= 0.6 is 11.3 Å². The van der Waals surface area contributed by atoms with Crippen LogP contribution in [0.5, 0.6) is 0 Å². The fourth-order valence-corrected chi connectivity index (χ4v) is 2.39. The number of nitrogens with one attached hydrogen (secondary N) is 2. The first-order chi connectivity index (χ1) is 8.34. The number of hydrogen-bond acceptors (Lipinski definition) is 3. The van der Waals surface area contributed by atoms with Crippen molar-refractivity contribution in [2.75, 3.05) is 0 Å². The Morgan fingerprint density at radius 2 is 2.24 bits per heavy atom. The molecule has 0 unspecified atom stereocenters. The summed E-state index contributed by atoms with van der Waals surface area (Å²) in [4.78, 5) is 15.7. The van der Waals surface area contributed by atoms with Crippen molar-refractivity contribution in [2.24, 2.45) is 5.10 Å². The highest BCUT2D eigenvalue weighted by Crippen LogP contribution is 2.20. The molecular formula is C12H9N3OS. The van der Waals surface area contributed by atoms with Crippen LogP contribution in [0.25, 0.3) is 6.08 Å². The molecule has 5 heteroatoms. The summed E-state index contributed by atoms with van der Waals surface area (Å²) in [5.74, 6) is -0.164. The molecular weight excluding hydrogens is 234 g/mol. The summed E-state index contributed by atoms with van der Waals surface area (Å²) in [6.45, 7) is 0. The molecule has 0 radical (unpaired) electrons. The Labute approximate surface area is 102 Å². The van der Waals surface area contributed by atoms with Crippen molar-refractivity contribution in [3.8, 4) is 0 Å². The number of aromatic amines is 1. The molecule has 2 N–H and O–H groups in total. The van der Waals surface area contributed by atoms with E-state index in [1.807, 2.05) is 35.8 Å². The van der Waals surface area contributed by atoms with Crippen molar-refractivity contribution in [1.82, 2.24) is 10.4 Å². The molecule has 3 heterocycles. The summed E-state index contributed by atoms with van der Waals surface area (Å²) in [6, 6.07) is 7.69.